The molecule has 0 saturated carbocycles. The average Bonchev–Trinajstić information content (AvgIpc) is 3.18. The van der Waals surface area contributed by atoms with Crippen molar-refractivity contribution < 1.29 is 13.9 Å². The van der Waals surface area contributed by atoms with E-state index in [2.05, 4.69) is 17.3 Å². The van der Waals surface area contributed by atoms with Crippen LogP contribution in [-0.4, -0.2) is 15.7 Å². The first-order valence-electron chi connectivity index (χ1n) is 7.61. The second-order valence-corrected chi connectivity index (χ2v) is 5.63. The highest BCUT2D eigenvalue weighted by molar-refractivity contribution is 6.01. The molecule has 1 amide bonds. The number of aryl methyl sites for hydroxylation is 3. The SMILES string of the molecule is Cc1ccc(OCc2ccc(C(=O)Nc3ccn(C)n3)o2)cc1C. The normalized spacial score (nSPS) is 10.6. The summed E-state index contributed by atoms with van der Waals surface area (Å²) in [6, 6.07) is 11.0. The van der Waals surface area contributed by atoms with E-state index in [4.69, 9.17) is 9.15 Å². The lowest BCUT2D eigenvalue weighted by molar-refractivity contribution is 0.0992. The van der Waals surface area contributed by atoms with Crippen LogP contribution in [0.1, 0.15) is 27.4 Å². The summed E-state index contributed by atoms with van der Waals surface area (Å²) in [5.74, 6) is 1.71. The van der Waals surface area contributed by atoms with Gasteiger partial charge >= 0.3 is 0 Å². The number of furan rings is 1. The number of carbonyl (C=O) groups is 1. The first-order valence-corrected chi connectivity index (χ1v) is 7.61. The van der Waals surface area contributed by atoms with Gasteiger partial charge in [-0.2, -0.15) is 5.10 Å². The van der Waals surface area contributed by atoms with Crippen LogP contribution < -0.4 is 10.1 Å². The van der Waals surface area contributed by atoms with E-state index in [9.17, 15) is 4.79 Å². The summed E-state index contributed by atoms with van der Waals surface area (Å²) < 4.78 is 12.8. The third kappa shape index (κ3) is 3.65. The zero-order valence-corrected chi connectivity index (χ0v) is 13.9. The molecule has 0 unspecified atom stereocenters. The summed E-state index contributed by atoms with van der Waals surface area (Å²) in [5, 5.41) is 6.77. The molecule has 0 aliphatic carbocycles. The molecule has 0 saturated heterocycles. The number of ether oxygens (including phenoxy) is 1. The minimum atomic E-state index is -0.342. The van der Waals surface area contributed by atoms with Crippen LogP contribution >= 0.6 is 0 Å². The Morgan fingerprint density at radius 3 is 2.75 bits per heavy atom. The molecule has 0 aliphatic heterocycles. The second-order valence-electron chi connectivity index (χ2n) is 5.63. The Hall–Kier alpha value is -3.02. The fourth-order valence-electron chi connectivity index (χ4n) is 2.20. The summed E-state index contributed by atoms with van der Waals surface area (Å²) in [7, 11) is 1.78. The average molecular weight is 325 g/mol. The van der Waals surface area contributed by atoms with Crippen molar-refractivity contribution >= 4 is 11.7 Å². The van der Waals surface area contributed by atoms with E-state index in [-0.39, 0.29) is 18.3 Å². The topological polar surface area (TPSA) is 69.3 Å². The van der Waals surface area contributed by atoms with Gasteiger partial charge in [0.1, 0.15) is 18.1 Å². The number of hydrogen-bond donors (Lipinski definition) is 1. The van der Waals surface area contributed by atoms with Crippen LogP contribution in [-0.2, 0) is 13.7 Å². The fourth-order valence-corrected chi connectivity index (χ4v) is 2.20. The number of benzene rings is 1. The largest absolute Gasteiger partial charge is 0.486 e. The predicted octanol–water partition coefficient (Wildman–Crippen LogP) is 3.46. The second kappa shape index (κ2) is 6.62. The van der Waals surface area contributed by atoms with E-state index in [0.717, 1.165) is 5.75 Å². The van der Waals surface area contributed by atoms with Crippen LogP contribution in [0, 0.1) is 13.8 Å². The molecule has 0 fully saturated rings. The van der Waals surface area contributed by atoms with Gasteiger partial charge in [-0.1, -0.05) is 6.07 Å². The number of nitrogens with one attached hydrogen (secondary N) is 1. The lowest BCUT2D eigenvalue weighted by Gasteiger charge is -2.06. The summed E-state index contributed by atoms with van der Waals surface area (Å²) in [5.41, 5.74) is 2.39. The third-order valence-electron chi connectivity index (χ3n) is 3.70. The van der Waals surface area contributed by atoms with Gasteiger partial charge in [-0.05, 0) is 49.2 Å². The highest BCUT2D eigenvalue weighted by atomic mass is 16.5. The Labute approximate surface area is 140 Å². The van der Waals surface area contributed by atoms with Crippen molar-refractivity contribution in [2.24, 2.45) is 7.05 Å². The molecule has 6 nitrogen and oxygen atoms in total. The molecule has 124 valence electrons. The maximum Gasteiger partial charge on any atom is 0.292 e. The summed E-state index contributed by atoms with van der Waals surface area (Å²) >= 11 is 0. The molecule has 0 radical (unpaired) electrons. The van der Waals surface area contributed by atoms with E-state index in [0.29, 0.717) is 11.6 Å². The smallest absolute Gasteiger partial charge is 0.292 e. The van der Waals surface area contributed by atoms with E-state index in [1.54, 1.807) is 36.1 Å². The van der Waals surface area contributed by atoms with Gasteiger partial charge in [0.15, 0.2) is 11.6 Å². The Kier molecular flexibility index (Phi) is 4.37. The van der Waals surface area contributed by atoms with Crippen LogP contribution in [0.3, 0.4) is 0 Å². The van der Waals surface area contributed by atoms with Crippen LogP contribution in [0.2, 0.25) is 0 Å². The lowest BCUT2D eigenvalue weighted by atomic mass is 10.1. The molecule has 2 heterocycles. The van der Waals surface area contributed by atoms with E-state index >= 15 is 0 Å². The van der Waals surface area contributed by atoms with Crippen LogP contribution in [0.5, 0.6) is 5.75 Å². The van der Waals surface area contributed by atoms with E-state index in [1.807, 2.05) is 25.1 Å². The van der Waals surface area contributed by atoms with Crippen LogP contribution in [0.15, 0.2) is 47.0 Å². The van der Waals surface area contributed by atoms with Gasteiger partial charge in [0, 0.05) is 19.3 Å². The third-order valence-corrected chi connectivity index (χ3v) is 3.70. The maximum atomic E-state index is 12.1. The molecular formula is C18H19N3O3. The Morgan fingerprint density at radius 1 is 1.21 bits per heavy atom. The lowest BCUT2D eigenvalue weighted by Crippen LogP contribution is -2.11. The van der Waals surface area contributed by atoms with Crippen molar-refractivity contribution in [2.45, 2.75) is 20.5 Å². The number of amides is 1. The van der Waals surface area contributed by atoms with Gasteiger partial charge in [-0.15, -0.1) is 0 Å². The molecule has 1 N–H and O–H groups in total. The Morgan fingerprint density at radius 2 is 2.04 bits per heavy atom. The van der Waals surface area contributed by atoms with Crippen molar-refractivity contribution in [3.8, 4) is 5.75 Å². The molecular weight excluding hydrogens is 306 g/mol. The number of anilines is 1. The van der Waals surface area contributed by atoms with Crippen LogP contribution in [0.25, 0.3) is 0 Å². The first kappa shape index (κ1) is 15.9. The molecule has 0 bridgehead atoms. The quantitative estimate of drug-likeness (QED) is 0.780. The Balaban J connectivity index is 1.60. The predicted molar refractivity (Wildman–Crippen MR) is 90.1 cm³/mol. The number of hydrogen-bond acceptors (Lipinski definition) is 4. The summed E-state index contributed by atoms with van der Waals surface area (Å²) in [4.78, 5) is 12.1. The standard InChI is InChI=1S/C18H19N3O3/c1-12-4-5-14(10-13(12)2)23-11-15-6-7-16(24-15)18(22)19-17-8-9-21(3)20-17/h4-10H,11H2,1-3H3,(H,19,20,22). The van der Waals surface area contributed by atoms with Crippen molar-refractivity contribution in [3.63, 3.8) is 0 Å². The monoisotopic (exact) mass is 325 g/mol. The molecule has 0 atom stereocenters. The molecule has 0 spiro atoms. The number of rotatable bonds is 5. The van der Waals surface area contributed by atoms with Crippen molar-refractivity contribution in [1.82, 2.24) is 9.78 Å². The van der Waals surface area contributed by atoms with Gasteiger partial charge in [0.25, 0.3) is 5.91 Å². The molecule has 2 aromatic heterocycles. The van der Waals surface area contributed by atoms with Crippen molar-refractivity contribution in [1.29, 1.82) is 0 Å². The molecule has 3 rings (SSSR count). The van der Waals surface area contributed by atoms with Crippen LogP contribution in [0.4, 0.5) is 5.82 Å². The molecule has 24 heavy (non-hydrogen) atoms. The highest BCUT2D eigenvalue weighted by Gasteiger charge is 2.13. The van der Waals surface area contributed by atoms with E-state index < -0.39 is 0 Å². The molecule has 6 heteroatoms. The molecule has 3 aromatic rings. The van der Waals surface area contributed by atoms with E-state index in [1.165, 1.54) is 11.1 Å². The summed E-state index contributed by atoms with van der Waals surface area (Å²) in [6.07, 6.45) is 1.75. The summed E-state index contributed by atoms with van der Waals surface area (Å²) in [6.45, 7) is 4.35. The number of carbonyl (C=O) groups excluding carboxylic acids is 1. The first-order chi connectivity index (χ1) is 11.5. The molecule has 1 aromatic carbocycles. The van der Waals surface area contributed by atoms with Crippen molar-refractivity contribution in [2.75, 3.05) is 5.32 Å². The highest BCUT2D eigenvalue weighted by Crippen LogP contribution is 2.19. The molecule has 0 aliphatic rings. The van der Waals surface area contributed by atoms with Gasteiger partial charge in [-0.25, -0.2) is 0 Å². The minimum absolute atomic E-state index is 0.222. The Bertz CT molecular complexity index is 864. The maximum absolute atomic E-state index is 12.1. The zero-order valence-electron chi connectivity index (χ0n) is 13.9. The zero-order chi connectivity index (χ0) is 17.1. The minimum Gasteiger partial charge on any atom is -0.486 e. The fraction of sp³-hybridized carbons (Fsp3) is 0.222. The number of aromatic nitrogens is 2. The van der Waals surface area contributed by atoms with Gasteiger partial charge in [-0.3, -0.25) is 9.48 Å². The van der Waals surface area contributed by atoms with Crippen molar-refractivity contribution in [3.05, 3.63) is 65.2 Å². The van der Waals surface area contributed by atoms with Gasteiger partial charge in [0.2, 0.25) is 0 Å². The van der Waals surface area contributed by atoms with Gasteiger partial charge < -0.3 is 14.5 Å². The van der Waals surface area contributed by atoms with Gasteiger partial charge in [0.05, 0.1) is 0 Å². The number of nitrogens with zero attached hydrogens (tertiary/aromatic N) is 2.